The molecule has 0 saturated carbocycles. The zero-order valence-corrected chi connectivity index (χ0v) is 14.3. The summed E-state index contributed by atoms with van der Waals surface area (Å²) in [7, 11) is 0. The summed E-state index contributed by atoms with van der Waals surface area (Å²) in [4.78, 5) is 4.65. The molecular weight excluding hydrogens is 337 g/mol. The minimum Gasteiger partial charge on any atom is -0.286 e. The van der Waals surface area contributed by atoms with Gasteiger partial charge in [0.1, 0.15) is 5.01 Å². The second-order valence-corrected chi connectivity index (χ2v) is 7.67. The van der Waals surface area contributed by atoms with Crippen LogP contribution < -0.4 is 0 Å². The number of rotatable bonds is 2. The van der Waals surface area contributed by atoms with Crippen LogP contribution in [0.4, 0.5) is 0 Å². The van der Waals surface area contributed by atoms with E-state index in [9.17, 15) is 0 Å². The van der Waals surface area contributed by atoms with E-state index in [2.05, 4.69) is 15.1 Å². The van der Waals surface area contributed by atoms with Gasteiger partial charge in [0.15, 0.2) is 0 Å². The van der Waals surface area contributed by atoms with Crippen molar-refractivity contribution in [3.05, 3.63) is 38.3 Å². The molecule has 0 saturated heterocycles. The third-order valence-electron chi connectivity index (χ3n) is 4.15. The number of thiazole rings is 1. The largest absolute Gasteiger partial charge is 0.286 e. The van der Waals surface area contributed by atoms with Crippen molar-refractivity contribution in [2.75, 3.05) is 6.54 Å². The number of halogens is 2. The molecule has 1 aliphatic carbocycles. The molecule has 4 rings (SSSR count). The highest BCUT2D eigenvalue weighted by Gasteiger charge is 2.19. The van der Waals surface area contributed by atoms with Gasteiger partial charge in [0.25, 0.3) is 0 Å². The van der Waals surface area contributed by atoms with Crippen LogP contribution in [0.25, 0.3) is 10.2 Å². The van der Waals surface area contributed by atoms with Gasteiger partial charge in [0.05, 0.1) is 34.5 Å². The highest BCUT2D eigenvalue weighted by atomic mass is 35.5. The Bertz CT molecular complexity index is 794. The Hall–Kier alpha value is -1.10. The van der Waals surface area contributed by atoms with Gasteiger partial charge in [-0.2, -0.15) is 5.10 Å². The Morgan fingerprint density at radius 1 is 1.18 bits per heavy atom. The van der Waals surface area contributed by atoms with Crippen molar-refractivity contribution in [1.29, 1.82) is 0 Å². The van der Waals surface area contributed by atoms with Crippen molar-refractivity contribution in [3.63, 3.8) is 0 Å². The molecule has 3 nitrogen and oxygen atoms in total. The maximum absolute atomic E-state index is 6.24. The Balaban J connectivity index is 1.56. The molecule has 1 aromatic carbocycles. The molecule has 22 heavy (non-hydrogen) atoms. The quantitative estimate of drug-likeness (QED) is 0.736. The number of allylic oxidation sites excluding steroid dienone is 1. The highest BCUT2D eigenvalue weighted by molar-refractivity contribution is 7.19. The fraction of sp³-hybridized carbons (Fsp3) is 0.375. The van der Waals surface area contributed by atoms with Crippen LogP contribution in [0.5, 0.6) is 0 Å². The molecule has 6 heteroatoms. The van der Waals surface area contributed by atoms with Crippen LogP contribution >= 0.6 is 34.5 Å². The Labute approximate surface area is 143 Å². The van der Waals surface area contributed by atoms with E-state index >= 15 is 0 Å². The zero-order valence-electron chi connectivity index (χ0n) is 12.0. The number of hydrogen-bond acceptors (Lipinski definition) is 4. The van der Waals surface area contributed by atoms with Crippen molar-refractivity contribution in [2.24, 2.45) is 5.10 Å². The molecule has 2 heterocycles. The Morgan fingerprint density at radius 2 is 2.05 bits per heavy atom. The number of hydrogen-bond donors (Lipinski definition) is 0. The predicted octanol–water partition coefficient (Wildman–Crippen LogP) is 5.28. The summed E-state index contributed by atoms with van der Waals surface area (Å²) in [5.74, 6) is 0. The molecular formula is C16H15Cl2N3S. The molecule has 2 aromatic rings. The zero-order chi connectivity index (χ0) is 15.1. The van der Waals surface area contributed by atoms with Gasteiger partial charge in [-0.15, -0.1) is 11.3 Å². The fourth-order valence-electron chi connectivity index (χ4n) is 3.07. The smallest absolute Gasteiger partial charge is 0.115 e. The fourth-order valence-corrected chi connectivity index (χ4v) is 4.62. The summed E-state index contributed by atoms with van der Waals surface area (Å²) in [6.45, 7) is 1.65. The van der Waals surface area contributed by atoms with E-state index in [-0.39, 0.29) is 0 Å². The van der Waals surface area contributed by atoms with Gasteiger partial charge < -0.3 is 0 Å². The Morgan fingerprint density at radius 3 is 2.95 bits per heavy atom. The normalized spacial score (nSPS) is 18.2. The number of benzene rings is 1. The van der Waals surface area contributed by atoms with E-state index in [1.54, 1.807) is 23.0 Å². The highest BCUT2D eigenvalue weighted by Crippen LogP contribution is 2.33. The number of hydrazone groups is 1. The first kappa shape index (κ1) is 14.5. The number of nitrogens with zero attached hydrogens (tertiary/aromatic N) is 3. The van der Waals surface area contributed by atoms with Crippen molar-refractivity contribution in [3.8, 4) is 0 Å². The summed E-state index contributed by atoms with van der Waals surface area (Å²) in [5, 5.41) is 9.00. The van der Waals surface area contributed by atoms with E-state index < -0.39 is 0 Å². The standard InChI is InChI=1S/C16H15Cl2N3S/c17-12-5-13(18)16-14(6-12)20-15(22-16)9-21-8-11-4-2-1-3-10(11)7-19-21/h5-7H,1-4,8-9H2. The van der Waals surface area contributed by atoms with E-state index in [4.69, 9.17) is 23.2 Å². The summed E-state index contributed by atoms with van der Waals surface area (Å²) in [6, 6.07) is 3.63. The van der Waals surface area contributed by atoms with Crippen LogP contribution in [0.3, 0.4) is 0 Å². The maximum Gasteiger partial charge on any atom is 0.115 e. The monoisotopic (exact) mass is 351 g/mol. The van der Waals surface area contributed by atoms with Gasteiger partial charge in [0.2, 0.25) is 0 Å². The lowest BCUT2D eigenvalue weighted by molar-refractivity contribution is 0.294. The lowest BCUT2D eigenvalue weighted by Crippen LogP contribution is -2.25. The van der Waals surface area contributed by atoms with E-state index in [1.807, 2.05) is 12.3 Å². The molecule has 114 valence electrons. The molecule has 0 fully saturated rings. The average molecular weight is 352 g/mol. The van der Waals surface area contributed by atoms with Crippen LogP contribution in [0.2, 0.25) is 10.0 Å². The molecule has 0 N–H and O–H groups in total. The van der Waals surface area contributed by atoms with Crippen LogP contribution in [0.15, 0.2) is 28.4 Å². The molecule has 0 radical (unpaired) electrons. The van der Waals surface area contributed by atoms with Gasteiger partial charge in [-0.3, -0.25) is 5.01 Å². The maximum atomic E-state index is 6.24. The van der Waals surface area contributed by atoms with Crippen molar-refractivity contribution < 1.29 is 0 Å². The van der Waals surface area contributed by atoms with E-state index in [0.29, 0.717) is 10.0 Å². The minimum absolute atomic E-state index is 0.627. The summed E-state index contributed by atoms with van der Waals surface area (Å²) in [6.07, 6.45) is 7.02. The molecule has 1 aromatic heterocycles. The van der Waals surface area contributed by atoms with Crippen molar-refractivity contribution in [1.82, 2.24) is 9.99 Å². The van der Waals surface area contributed by atoms with Crippen molar-refractivity contribution in [2.45, 2.75) is 32.2 Å². The average Bonchev–Trinajstić information content (AvgIpc) is 2.90. The minimum atomic E-state index is 0.627. The SMILES string of the molecule is Clc1cc(Cl)c2sc(CN3CC4=C(C=N3)CCCC4)nc2c1. The van der Waals surface area contributed by atoms with Crippen LogP contribution in [-0.2, 0) is 6.54 Å². The first-order chi connectivity index (χ1) is 10.7. The van der Waals surface area contributed by atoms with Crippen molar-refractivity contribution >= 4 is 51.0 Å². The van der Waals surface area contributed by atoms with Crippen LogP contribution in [0, 0.1) is 0 Å². The topological polar surface area (TPSA) is 28.5 Å². The third kappa shape index (κ3) is 2.75. The lowest BCUT2D eigenvalue weighted by atomic mass is 9.91. The van der Waals surface area contributed by atoms with Gasteiger partial charge in [-0.25, -0.2) is 4.98 Å². The van der Waals surface area contributed by atoms with Gasteiger partial charge >= 0.3 is 0 Å². The van der Waals surface area contributed by atoms with Crippen LogP contribution in [0.1, 0.15) is 30.7 Å². The summed E-state index contributed by atoms with van der Waals surface area (Å²) < 4.78 is 1.000. The molecule has 0 spiro atoms. The second kappa shape index (κ2) is 5.84. The summed E-state index contributed by atoms with van der Waals surface area (Å²) in [5.41, 5.74) is 3.86. The van der Waals surface area contributed by atoms with E-state index in [1.165, 1.54) is 31.3 Å². The van der Waals surface area contributed by atoms with Gasteiger partial charge in [-0.1, -0.05) is 23.2 Å². The second-order valence-electron chi connectivity index (χ2n) is 5.75. The molecule has 0 atom stereocenters. The summed E-state index contributed by atoms with van der Waals surface area (Å²) >= 11 is 13.9. The first-order valence-electron chi connectivity index (χ1n) is 7.43. The molecule has 0 bridgehead atoms. The number of aromatic nitrogens is 1. The lowest BCUT2D eigenvalue weighted by Gasteiger charge is -2.28. The molecule has 0 amide bonds. The Kier molecular flexibility index (Phi) is 3.84. The predicted molar refractivity (Wildman–Crippen MR) is 94.0 cm³/mol. The van der Waals surface area contributed by atoms with Gasteiger partial charge in [-0.05, 0) is 49.0 Å². The molecule has 0 unspecified atom stereocenters. The molecule has 2 aliphatic rings. The third-order valence-corrected chi connectivity index (χ3v) is 5.87. The first-order valence-corrected chi connectivity index (χ1v) is 9.00. The number of fused-ring (bicyclic) bond motifs is 1. The molecule has 1 aliphatic heterocycles. The van der Waals surface area contributed by atoms with Crippen LogP contribution in [-0.4, -0.2) is 22.8 Å². The van der Waals surface area contributed by atoms with E-state index in [0.717, 1.165) is 28.3 Å². The van der Waals surface area contributed by atoms with Gasteiger partial charge in [0, 0.05) is 5.02 Å².